The summed E-state index contributed by atoms with van der Waals surface area (Å²) in [5, 5.41) is 0. The van der Waals surface area contributed by atoms with Crippen LogP contribution in [0, 0.1) is 0 Å². The second-order valence-corrected chi connectivity index (χ2v) is 12.2. The highest BCUT2D eigenvalue weighted by atomic mass is 16.6. The number of carbonyl (C=O) groups is 1. The summed E-state index contributed by atoms with van der Waals surface area (Å²) in [6.45, 7) is 21.6. The molecule has 0 radical (unpaired) electrons. The Morgan fingerprint density at radius 1 is 0.385 bits per heavy atom. The summed E-state index contributed by atoms with van der Waals surface area (Å²) in [6.07, 6.45) is 1.87. The zero-order valence-electron chi connectivity index (χ0n) is 33.1. The van der Waals surface area contributed by atoms with Gasteiger partial charge >= 0.3 is 6.09 Å². The topological polar surface area (TPSA) is 150 Å². The van der Waals surface area contributed by atoms with Gasteiger partial charge in [0, 0.05) is 20.2 Å². The number of rotatable bonds is 42. The number of carbonyl (C=O) groups excluding carboxylic acids is 1. The molecule has 0 atom stereocenters. The predicted molar refractivity (Wildman–Crippen MR) is 194 cm³/mol. The molecule has 0 rings (SSSR count). The van der Waals surface area contributed by atoms with E-state index in [0.717, 1.165) is 19.4 Å². The first-order chi connectivity index (χ1) is 25.4. The lowest BCUT2D eigenvalue weighted by Gasteiger charge is -2.24. The van der Waals surface area contributed by atoms with E-state index in [1.165, 1.54) is 4.90 Å². The monoisotopic (exact) mass is 759 g/mol. The van der Waals surface area contributed by atoms with Crippen LogP contribution in [0.5, 0.6) is 0 Å². The van der Waals surface area contributed by atoms with Crippen LogP contribution in [-0.4, -0.2) is 202 Å². The molecule has 0 aliphatic carbocycles. The van der Waals surface area contributed by atoms with Gasteiger partial charge in [0.15, 0.2) is 0 Å². The van der Waals surface area contributed by atoms with Crippen molar-refractivity contribution in [3.63, 3.8) is 0 Å². The first-order valence-corrected chi connectivity index (χ1v) is 18.8. The smallest absolute Gasteiger partial charge is 0.410 e. The van der Waals surface area contributed by atoms with E-state index in [4.69, 9.17) is 66.3 Å². The molecule has 0 aromatic rings. The van der Waals surface area contributed by atoms with Crippen LogP contribution in [0.1, 0.15) is 40.5 Å². The zero-order valence-corrected chi connectivity index (χ0v) is 33.1. The van der Waals surface area contributed by atoms with Gasteiger partial charge in [-0.15, -0.1) is 0 Å². The zero-order chi connectivity index (χ0) is 38.1. The lowest BCUT2D eigenvalue weighted by molar-refractivity contribution is -0.0291. The maximum Gasteiger partial charge on any atom is 0.410 e. The minimum Gasteiger partial charge on any atom is -0.444 e. The third-order valence-corrected chi connectivity index (χ3v) is 6.38. The maximum atomic E-state index is 11.9. The number of nitrogens with zero attached hydrogens (tertiary/aromatic N) is 1. The molecule has 0 aromatic carbocycles. The fraction of sp³-hybridized carbons (Fsp3) is 0.972. The number of unbranched alkanes of at least 4 members (excludes halogenated alkanes) is 1. The van der Waals surface area contributed by atoms with Gasteiger partial charge in [0.1, 0.15) is 5.60 Å². The van der Waals surface area contributed by atoms with Crippen LogP contribution in [-0.2, 0) is 66.3 Å². The molecule has 0 heterocycles. The Kier molecular flexibility index (Phi) is 39.9. The van der Waals surface area contributed by atoms with E-state index in [1.807, 2.05) is 20.8 Å². The van der Waals surface area contributed by atoms with Crippen molar-refractivity contribution in [2.75, 3.05) is 185 Å². The highest BCUT2D eigenvalue weighted by Crippen LogP contribution is 2.08. The molecule has 0 spiro atoms. The van der Waals surface area contributed by atoms with Gasteiger partial charge in [-0.05, 0) is 27.2 Å². The van der Waals surface area contributed by atoms with E-state index >= 15 is 0 Å². The first-order valence-electron chi connectivity index (χ1n) is 18.8. The van der Waals surface area contributed by atoms with Gasteiger partial charge in [-0.25, -0.2) is 4.79 Å². The molecule has 0 aromatic heterocycles. The summed E-state index contributed by atoms with van der Waals surface area (Å²) in [7, 11) is 1.68. The molecular weight excluding hydrogens is 686 g/mol. The fourth-order valence-electron chi connectivity index (χ4n) is 3.62. The van der Waals surface area contributed by atoms with Gasteiger partial charge < -0.3 is 71.2 Å². The summed E-state index contributed by atoms with van der Waals surface area (Å²) in [4.78, 5) is 13.4. The standard InChI is InChI=1S/C36H73NO15/c1-6-7-9-39-11-13-41-15-17-43-19-21-45-23-25-47-27-29-49-31-33-51-34-32-50-30-28-48-26-24-46-22-20-44-18-16-42-14-12-40-10-8-37(5)35(38)52-36(2,3)4/h6-34H2,1-5H3. The van der Waals surface area contributed by atoms with Gasteiger partial charge in [0.05, 0.1) is 165 Å². The summed E-state index contributed by atoms with van der Waals surface area (Å²) in [6, 6.07) is 0. The number of hydrogen-bond acceptors (Lipinski definition) is 15. The minimum atomic E-state index is -0.511. The molecule has 312 valence electrons. The van der Waals surface area contributed by atoms with Crippen LogP contribution in [0.25, 0.3) is 0 Å². The van der Waals surface area contributed by atoms with Gasteiger partial charge in [-0.1, -0.05) is 13.3 Å². The first kappa shape index (κ1) is 50.8. The van der Waals surface area contributed by atoms with Crippen LogP contribution < -0.4 is 0 Å². The third kappa shape index (κ3) is 43.2. The van der Waals surface area contributed by atoms with Crippen molar-refractivity contribution in [1.29, 1.82) is 0 Å². The van der Waals surface area contributed by atoms with Crippen molar-refractivity contribution in [3.05, 3.63) is 0 Å². The fourth-order valence-corrected chi connectivity index (χ4v) is 3.62. The Labute approximate surface area is 313 Å². The van der Waals surface area contributed by atoms with Crippen LogP contribution in [0.4, 0.5) is 4.79 Å². The number of hydrogen-bond donors (Lipinski definition) is 0. The molecular formula is C36H73NO15. The summed E-state index contributed by atoms with van der Waals surface area (Å²) in [5.41, 5.74) is -0.511. The summed E-state index contributed by atoms with van der Waals surface area (Å²) < 4.78 is 76.5. The number of amides is 1. The molecule has 0 aliphatic heterocycles. The van der Waals surface area contributed by atoms with Crippen molar-refractivity contribution in [2.45, 2.75) is 46.1 Å². The molecule has 16 nitrogen and oxygen atoms in total. The molecule has 0 saturated heterocycles. The van der Waals surface area contributed by atoms with Gasteiger partial charge in [-0.3, -0.25) is 0 Å². The second-order valence-electron chi connectivity index (χ2n) is 12.2. The van der Waals surface area contributed by atoms with Crippen LogP contribution in [0.15, 0.2) is 0 Å². The van der Waals surface area contributed by atoms with Gasteiger partial charge in [0.25, 0.3) is 0 Å². The van der Waals surface area contributed by atoms with Crippen molar-refractivity contribution in [3.8, 4) is 0 Å². The molecule has 0 N–H and O–H groups in total. The highest BCUT2D eigenvalue weighted by Gasteiger charge is 2.19. The lowest BCUT2D eigenvalue weighted by Crippen LogP contribution is -2.36. The Bertz CT molecular complexity index is 718. The Morgan fingerprint density at radius 2 is 0.596 bits per heavy atom. The summed E-state index contributed by atoms with van der Waals surface area (Å²) in [5.74, 6) is 0. The van der Waals surface area contributed by atoms with Crippen molar-refractivity contribution in [1.82, 2.24) is 4.90 Å². The Morgan fingerprint density at radius 3 is 0.808 bits per heavy atom. The molecule has 1 amide bonds. The number of ether oxygens (including phenoxy) is 14. The van der Waals surface area contributed by atoms with E-state index in [2.05, 4.69) is 6.92 Å². The van der Waals surface area contributed by atoms with Gasteiger partial charge in [-0.2, -0.15) is 0 Å². The summed E-state index contributed by atoms with van der Waals surface area (Å²) >= 11 is 0. The van der Waals surface area contributed by atoms with Crippen molar-refractivity contribution < 1.29 is 71.1 Å². The largest absolute Gasteiger partial charge is 0.444 e. The Balaban J connectivity index is 3.13. The van der Waals surface area contributed by atoms with Gasteiger partial charge in [0.2, 0.25) is 0 Å². The van der Waals surface area contributed by atoms with Crippen molar-refractivity contribution >= 4 is 6.09 Å². The van der Waals surface area contributed by atoms with E-state index < -0.39 is 5.60 Å². The van der Waals surface area contributed by atoms with Crippen molar-refractivity contribution in [2.24, 2.45) is 0 Å². The van der Waals surface area contributed by atoms with Crippen LogP contribution in [0.2, 0.25) is 0 Å². The average molecular weight is 760 g/mol. The molecule has 52 heavy (non-hydrogen) atoms. The molecule has 0 fully saturated rings. The molecule has 0 aliphatic rings. The second kappa shape index (κ2) is 40.9. The molecule has 0 bridgehead atoms. The minimum absolute atomic E-state index is 0.365. The molecule has 0 saturated carbocycles. The molecule has 0 unspecified atom stereocenters. The van der Waals surface area contributed by atoms with Crippen LogP contribution in [0.3, 0.4) is 0 Å². The lowest BCUT2D eigenvalue weighted by atomic mass is 10.2. The average Bonchev–Trinajstić information content (AvgIpc) is 3.11. The number of likely N-dealkylation sites (N-methyl/N-ethyl adjacent to an activating group) is 1. The Hall–Kier alpha value is -1.25. The van der Waals surface area contributed by atoms with E-state index in [0.29, 0.717) is 172 Å². The van der Waals surface area contributed by atoms with E-state index in [9.17, 15) is 4.79 Å². The SMILES string of the molecule is CCCCOCCOCCOCCOCCOCCOCCOCCOCCOCCOCCOCCOCCOCCN(C)C(=O)OC(C)(C)C. The van der Waals surface area contributed by atoms with Crippen LogP contribution >= 0.6 is 0 Å². The predicted octanol–water partition coefficient (Wildman–Crippen LogP) is 2.87. The normalized spacial score (nSPS) is 11.8. The van der Waals surface area contributed by atoms with E-state index in [-0.39, 0.29) is 6.09 Å². The maximum absolute atomic E-state index is 11.9. The molecule has 16 heteroatoms. The third-order valence-electron chi connectivity index (χ3n) is 6.38. The van der Waals surface area contributed by atoms with E-state index in [1.54, 1.807) is 7.05 Å². The highest BCUT2D eigenvalue weighted by molar-refractivity contribution is 5.67. The quantitative estimate of drug-likeness (QED) is 0.0840.